The molecule has 24 heavy (non-hydrogen) atoms. The molecule has 1 N–H and O–H groups in total. The van der Waals surface area contributed by atoms with Crippen LogP contribution in [-0.2, 0) is 6.18 Å². The maximum atomic E-state index is 12.5. The molecule has 5 nitrogen and oxygen atoms in total. The lowest BCUT2D eigenvalue weighted by Crippen LogP contribution is -2.42. The highest BCUT2D eigenvalue weighted by Crippen LogP contribution is 2.29. The van der Waals surface area contributed by atoms with Crippen molar-refractivity contribution in [2.45, 2.75) is 25.1 Å². The van der Waals surface area contributed by atoms with E-state index in [1.54, 1.807) is 11.0 Å². The summed E-state index contributed by atoms with van der Waals surface area (Å²) < 4.78 is 42.4. The van der Waals surface area contributed by atoms with Gasteiger partial charge in [0.2, 0.25) is 0 Å². The third-order valence-corrected chi connectivity index (χ3v) is 3.99. The lowest BCUT2D eigenvalue weighted by atomic mass is 10.0. The van der Waals surface area contributed by atoms with Gasteiger partial charge < -0.3 is 14.6 Å². The van der Waals surface area contributed by atoms with Crippen LogP contribution in [0, 0.1) is 0 Å². The number of nitrogens with zero attached hydrogens (tertiary/aromatic N) is 2. The van der Waals surface area contributed by atoms with Crippen LogP contribution in [0.2, 0.25) is 0 Å². The zero-order valence-electron chi connectivity index (χ0n) is 12.7. The highest BCUT2D eigenvalue weighted by atomic mass is 19.4. The molecule has 0 aromatic carbocycles. The van der Waals surface area contributed by atoms with Crippen LogP contribution in [0.5, 0.6) is 0 Å². The zero-order chi connectivity index (χ0) is 17.2. The maximum Gasteiger partial charge on any atom is 0.417 e. The molecule has 2 aromatic heterocycles. The molecule has 0 atom stereocenters. The second-order valence-corrected chi connectivity index (χ2v) is 5.65. The first kappa shape index (κ1) is 16.4. The van der Waals surface area contributed by atoms with Gasteiger partial charge in [-0.1, -0.05) is 0 Å². The molecule has 2 aromatic rings. The molecule has 0 unspecified atom stereocenters. The van der Waals surface area contributed by atoms with Crippen LogP contribution in [0.3, 0.4) is 0 Å². The fourth-order valence-corrected chi connectivity index (χ4v) is 2.65. The van der Waals surface area contributed by atoms with Crippen LogP contribution >= 0.6 is 0 Å². The molecule has 0 radical (unpaired) electrons. The summed E-state index contributed by atoms with van der Waals surface area (Å²) >= 11 is 0. The van der Waals surface area contributed by atoms with Crippen molar-refractivity contribution >= 4 is 11.7 Å². The number of anilines is 1. The van der Waals surface area contributed by atoms with Crippen molar-refractivity contribution in [3.05, 3.63) is 48.0 Å². The molecule has 1 amide bonds. The van der Waals surface area contributed by atoms with E-state index in [0.717, 1.165) is 12.3 Å². The minimum atomic E-state index is -4.38. The summed E-state index contributed by atoms with van der Waals surface area (Å²) in [6.45, 7) is 1.14. The summed E-state index contributed by atoms with van der Waals surface area (Å²) in [4.78, 5) is 17.7. The van der Waals surface area contributed by atoms with Crippen molar-refractivity contribution in [2.75, 3.05) is 18.4 Å². The van der Waals surface area contributed by atoms with Crippen molar-refractivity contribution in [2.24, 2.45) is 0 Å². The molecule has 1 saturated heterocycles. The number of likely N-dealkylation sites (tertiary alicyclic amines) is 1. The number of halogens is 3. The molecular formula is C16H16F3N3O2. The van der Waals surface area contributed by atoms with Gasteiger partial charge in [0.05, 0.1) is 17.4 Å². The number of amides is 1. The molecule has 3 heterocycles. The molecule has 0 spiro atoms. The molecule has 0 bridgehead atoms. The lowest BCUT2D eigenvalue weighted by Gasteiger charge is -2.32. The van der Waals surface area contributed by atoms with Gasteiger partial charge in [-0.2, -0.15) is 13.2 Å². The SMILES string of the molecule is O=C(c1ccoc1)N1CCC(Nc2ccc(C(F)(F)F)cn2)CC1. The number of carbonyl (C=O) groups is 1. The summed E-state index contributed by atoms with van der Waals surface area (Å²) in [5, 5.41) is 3.12. The van der Waals surface area contributed by atoms with Gasteiger partial charge >= 0.3 is 6.18 Å². The number of alkyl halides is 3. The van der Waals surface area contributed by atoms with E-state index in [-0.39, 0.29) is 11.9 Å². The number of hydrogen-bond acceptors (Lipinski definition) is 4. The number of pyridine rings is 1. The first-order valence-corrected chi connectivity index (χ1v) is 7.55. The van der Waals surface area contributed by atoms with Crippen LogP contribution in [0.25, 0.3) is 0 Å². The maximum absolute atomic E-state index is 12.5. The Labute approximate surface area is 136 Å². The normalized spacial score (nSPS) is 16.2. The summed E-state index contributed by atoms with van der Waals surface area (Å²) in [6, 6.07) is 4.03. The molecule has 128 valence electrons. The summed E-state index contributed by atoms with van der Waals surface area (Å²) in [7, 11) is 0. The van der Waals surface area contributed by atoms with E-state index < -0.39 is 11.7 Å². The van der Waals surface area contributed by atoms with E-state index in [9.17, 15) is 18.0 Å². The molecule has 1 fully saturated rings. The van der Waals surface area contributed by atoms with Gasteiger partial charge in [-0.25, -0.2) is 4.98 Å². The van der Waals surface area contributed by atoms with Crippen LogP contribution < -0.4 is 5.32 Å². The van der Waals surface area contributed by atoms with Gasteiger partial charge in [-0.05, 0) is 31.0 Å². The Kier molecular flexibility index (Phi) is 4.46. The minimum absolute atomic E-state index is 0.0719. The minimum Gasteiger partial charge on any atom is -0.472 e. The van der Waals surface area contributed by atoms with Crippen molar-refractivity contribution in [3.63, 3.8) is 0 Å². The Hall–Kier alpha value is -2.51. The Bertz CT molecular complexity index is 676. The van der Waals surface area contributed by atoms with Crippen LogP contribution in [0.1, 0.15) is 28.8 Å². The fraction of sp³-hybridized carbons (Fsp3) is 0.375. The topological polar surface area (TPSA) is 58.4 Å². The summed E-state index contributed by atoms with van der Waals surface area (Å²) in [6.07, 6.45) is 0.708. The first-order chi connectivity index (χ1) is 11.4. The second-order valence-electron chi connectivity index (χ2n) is 5.65. The summed E-state index contributed by atoms with van der Waals surface area (Å²) in [5.41, 5.74) is -0.251. The highest BCUT2D eigenvalue weighted by Gasteiger charge is 2.31. The number of nitrogens with one attached hydrogen (secondary N) is 1. The predicted octanol–water partition coefficient (Wildman–Crippen LogP) is 3.41. The second kappa shape index (κ2) is 6.54. The van der Waals surface area contributed by atoms with Gasteiger partial charge in [-0.15, -0.1) is 0 Å². The standard InChI is InChI=1S/C16H16F3N3O2/c17-16(18,19)12-1-2-14(20-9-12)21-13-3-6-22(7-4-13)15(23)11-5-8-24-10-11/h1-2,5,8-10,13H,3-4,6-7H2,(H,20,21). The molecule has 0 aliphatic carbocycles. The van der Waals surface area contributed by atoms with Crippen molar-refractivity contribution in [1.82, 2.24) is 9.88 Å². The monoisotopic (exact) mass is 339 g/mol. The van der Waals surface area contributed by atoms with E-state index in [2.05, 4.69) is 10.3 Å². The van der Waals surface area contributed by atoms with Gasteiger partial charge in [0, 0.05) is 25.3 Å². The van der Waals surface area contributed by atoms with Gasteiger partial charge in [-0.3, -0.25) is 4.79 Å². The number of carbonyl (C=O) groups excluding carboxylic acids is 1. The van der Waals surface area contributed by atoms with Gasteiger partial charge in [0.1, 0.15) is 12.1 Å². The molecule has 1 aliphatic rings. The summed E-state index contributed by atoms with van der Waals surface area (Å²) in [5.74, 6) is 0.331. The number of rotatable bonds is 3. The average molecular weight is 339 g/mol. The number of furan rings is 1. The average Bonchev–Trinajstić information content (AvgIpc) is 3.09. The molecule has 3 rings (SSSR count). The number of hydrogen-bond donors (Lipinski definition) is 1. The highest BCUT2D eigenvalue weighted by molar-refractivity contribution is 5.93. The Morgan fingerprint density at radius 2 is 2.00 bits per heavy atom. The third-order valence-electron chi connectivity index (χ3n) is 3.99. The number of piperidine rings is 1. The van der Waals surface area contributed by atoms with Crippen molar-refractivity contribution in [3.8, 4) is 0 Å². The molecule has 1 aliphatic heterocycles. The first-order valence-electron chi connectivity index (χ1n) is 7.55. The quantitative estimate of drug-likeness (QED) is 0.931. The molecule has 8 heteroatoms. The van der Waals surface area contributed by atoms with Gasteiger partial charge in [0.25, 0.3) is 5.91 Å². The van der Waals surface area contributed by atoms with Gasteiger partial charge in [0.15, 0.2) is 0 Å². The number of aromatic nitrogens is 1. The van der Waals surface area contributed by atoms with E-state index in [1.165, 1.54) is 18.6 Å². The Morgan fingerprint density at radius 3 is 2.54 bits per heavy atom. The van der Waals surface area contributed by atoms with E-state index in [0.29, 0.717) is 37.3 Å². The lowest BCUT2D eigenvalue weighted by molar-refractivity contribution is -0.137. The molecular weight excluding hydrogens is 323 g/mol. The van der Waals surface area contributed by atoms with Crippen molar-refractivity contribution in [1.29, 1.82) is 0 Å². The Morgan fingerprint density at radius 1 is 1.25 bits per heavy atom. The van der Waals surface area contributed by atoms with E-state index in [1.807, 2.05) is 0 Å². The third kappa shape index (κ3) is 3.69. The fourth-order valence-electron chi connectivity index (χ4n) is 2.65. The predicted molar refractivity (Wildman–Crippen MR) is 80.5 cm³/mol. The van der Waals surface area contributed by atoms with Crippen LogP contribution in [-0.4, -0.2) is 34.9 Å². The van der Waals surface area contributed by atoms with Crippen molar-refractivity contribution < 1.29 is 22.4 Å². The van der Waals surface area contributed by atoms with E-state index >= 15 is 0 Å². The van der Waals surface area contributed by atoms with Crippen LogP contribution in [0.4, 0.5) is 19.0 Å². The smallest absolute Gasteiger partial charge is 0.417 e. The molecule has 0 saturated carbocycles. The zero-order valence-corrected chi connectivity index (χ0v) is 12.7. The largest absolute Gasteiger partial charge is 0.472 e. The van der Waals surface area contributed by atoms with Crippen LogP contribution in [0.15, 0.2) is 41.3 Å². The Balaban J connectivity index is 1.53. The van der Waals surface area contributed by atoms with E-state index in [4.69, 9.17) is 4.42 Å².